The monoisotopic (exact) mass is 474 g/mol. The zero-order valence-electron chi connectivity index (χ0n) is 18.6. The van der Waals surface area contributed by atoms with E-state index in [0.717, 1.165) is 10.4 Å². The predicted octanol–water partition coefficient (Wildman–Crippen LogP) is 4.48. The van der Waals surface area contributed by atoms with Gasteiger partial charge in [-0.2, -0.15) is 5.10 Å². The van der Waals surface area contributed by atoms with Crippen molar-refractivity contribution in [3.8, 4) is 10.6 Å². The number of thiophene rings is 1. The lowest BCUT2D eigenvalue weighted by molar-refractivity contribution is -0.133. The Morgan fingerprint density at radius 3 is 2.62 bits per heavy atom. The van der Waals surface area contributed by atoms with Crippen LogP contribution in [0.1, 0.15) is 28.5 Å². The molecule has 2 amide bonds. The fraction of sp³-hybridized carbons (Fsp3) is 0.192. The van der Waals surface area contributed by atoms with Crippen LogP contribution in [0.25, 0.3) is 10.6 Å². The zero-order valence-corrected chi connectivity index (χ0v) is 19.4. The highest BCUT2D eigenvalue weighted by molar-refractivity contribution is 7.13. The third-order valence-electron chi connectivity index (χ3n) is 6.14. The molecule has 0 saturated carbocycles. The number of rotatable bonds is 6. The summed E-state index contributed by atoms with van der Waals surface area (Å²) in [6, 6.07) is 21.5. The fourth-order valence-corrected chi connectivity index (χ4v) is 4.88. The van der Waals surface area contributed by atoms with Crippen LogP contribution in [-0.4, -0.2) is 32.0 Å². The number of nitrogens with zero attached hydrogens (tertiary/aromatic N) is 3. The SMILES string of the molecule is C[C@@]1(C(=O)NCc2ccccc2)Cn2nc(-c3cccs3)cc2C(=O)N1Cc1ccccc1F. The van der Waals surface area contributed by atoms with E-state index in [-0.39, 0.29) is 24.9 Å². The van der Waals surface area contributed by atoms with Crippen molar-refractivity contribution in [3.63, 3.8) is 0 Å². The van der Waals surface area contributed by atoms with E-state index in [1.54, 1.807) is 35.9 Å². The molecule has 5 rings (SSSR count). The van der Waals surface area contributed by atoms with Crippen LogP contribution < -0.4 is 5.32 Å². The maximum Gasteiger partial charge on any atom is 0.273 e. The molecule has 1 aliphatic heterocycles. The first kappa shape index (κ1) is 22.0. The topological polar surface area (TPSA) is 67.2 Å². The molecule has 2 aromatic carbocycles. The second kappa shape index (κ2) is 8.87. The molecule has 1 atom stereocenters. The first-order valence-electron chi connectivity index (χ1n) is 10.9. The molecule has 0 unspecified atom stereocenters. The Morgan fingerprint density at radius 2 is 1.88 bits per heavy atom. The molecule has 4 aromatic rings. The minimum absolute atomic E-state index is 0.0275. The lowest BCUT2D eigenvalue weighted by Gasteiger charge is -2.43. The van der Waals surface area contributed by atoms with Gasteiger partial charge in [0.15, 0.2) is 0 Å². The van der Waals surface area contributed by atoms with Gasteiger partial charge in [-0.05, 0) is 36.1 Å². The summed E-state index contributed by atoms with van der Waals surface area (Å²) < 4.78 is 16.1. The molecule has 3 heterocycles. The first-order valence-corrected chi connectivity index (χ1v) is 11.8. The van der Waals surface area contributed by atoms with Gasteiger partial charge in [0.25, 0.3) is 5.91 Å². The highest BCUT2D eigenvalue weighted by Gasteiger charge is 2.48. The van der Waals surface area contributed by atoms with Crippen molar-refractivity contribution < 1.29 is 14.0 Å². The number of halogens is 1. The van der Waals surface area contributed by atoms with Gasteiger partial charge in [0, 0.05) is 12.1 Å². The Kier molecular flexibility index (Phi) is 5.75. The van der Waals surface area contributed by atoms with Gasteiger partial charge >= 0.3 is 0 Å². The van der Waals surface area contributed by atoms with Crippen molar-refractivity contribution in [1.29, 1.82) is 0 Å². The molecule has 0 bridgehead atoms. The molecule has 1 aliphatic rings. The number of carbonyl (C=O) groups is 2. The smallest absolute Gasteiger partial charge is 0.273 e. The van der Waals surface area contributed by atoms with Crippen LogP contribution >= 0.6 is 11.3 Å². The van der Waals surface area contributed by atoms with E-state index in [1.807, 2.05) is 47.8 Å². The van der Waals surface area contributed by atoms with Gasteiger partial charge in [0.05, 0.1) is 18.0 Å². The summed E-state index contributed by atoms with van der Waals surface area (Å²) in [5, 5.41) is 9.53. The quantitative estimate of drug-likeness (QED) is 0.448. The number of carbonyl (C=O) groups excluding carboxylic acids is 2. The standard InChI is InChI=1S/C26H23FN4O2S/c1-26(25(33)28-15-18-8-3-2-4-9-18)17-31-22(14-21(29-31)23-12-7-13-34-23)24(32)30(26)16-19-10-5-6-11-20(19)27/h2-14H,15-17H2,1H3,(H,28,33)/t26-/m0/s1. The van der Waals surface area contributed by atoms with Crippen molar-refractivity contribution in [2.75, 3.05) is 0 Å². The van der Waals surface area contributed by atoms with Gasteiger partial charge in [-0.25, -0.2) is 4.39 Å². The summed E-state index contributed by atoms with van der Waals surface area (Å²) in [5.74, 6) is -1.09. The summed E-state index contributed by atoms with van der Waals surface area (Å²) in [5.41, 5.74) is 1.09. The second-order valence-corrected chi connectivity index (χ2v) is 9.42. The van der Waals surface area contributed by atoms with Gasteiger partial charge in [-0.3, -0.25) is 14.3 Å². The summed E-state index contributed by atoms with van der Waals surface area (Å²) in [4.78, 5) is 29.6. The van der Waals surface area contributed by atoms with Crippen molar-refractivity contribution in [2.24, 2.45) is 0 Å². The Balaban J connectivity index is 1.51. The fourth-order valence-electron chi connectivity index (χ4n) is 4.20. The van der Waals surface area contributed by atoms with E-state index in [0.29, 0.717) is 23.5 Å². The Morgan fingerprint density at radius 1 is 1.12 bits per heavy atom. The van der Waals surface area contributed by atoms with Gasteiger partial charge < -0.3 is 10.2 Å². The van der Waals surface area contributed by atoms with Gasteiger partial charge in [0.1, 0.15) is 22.7 Å². The maximum atomic E-state index is 14.5. The number of hydrogen-bond donors (Lipinski definition) is 1. The Labute approximate surface area is 200 Å². The van der Waals surface area contributed by atoms with E-state index in [4.69, 9.17) is 0 Å². The van der Waals surface area contributed by atoms with Gasteiger partial charge in [-0.15, -0.1) is 11.3 Å². The van der Waals surface area contributed by atoms with Crippen LogP contribution in [0, 0.1) is 5.82 Å². The van der Waals surface area contributed by atoms with Crippen LogP contribution in [0.2, 0.25) is 0 Å². The molecular weight excluding hydrogens is 451 g/mol. The average molecular weight is 475 g/mol. The molecule has 0 saturated heterocycles. The Hall–Kier alpha value is -3.78. The number of nitrogens with one attached hydrogen (secondary N) is 1. The van der Waals surface area contributed by atoms with Crippen molar-refractivity contribution in [2.45, 2.75) is 32.1 Å². The van der Waals surface area contributed by atoms with E-state index in [9.17, 15) is 14.0 Å². The lowest BCUT2D eigenvalue weighted by Crippen LogP contribution is -2.63. The molecule has 172 valence electrons. The van der Waals surface area contributed by atoms with Crippen molar-refractivity contribution in [3.05, 3.63) is 101 Å². The number of benzene rings is 2. The minimum atomic E-state index is -1.26. The molecule has 6 nitrogen and oxygen atoms in total. The molecular formula is C26H23FN4O2S. The highest BCUT2D eigenvalue weighted by Crippen LogP contribution is 2.33. The van der Waals surface area contributed by atoms with Gasteiger partial charge in [-0.1, -0.05) is 54.6 Å². The van der Waals surface area contributed by atoms with Crippen LogP contribution in [0.15, 0.2) is 78.2 Å². The summed E-state index contributed by atoms with van der Waals surface area (Å²) >= 11 is 1.53. The van der Waals surface area contributed by atoms with E-state index >= 15 is 0 Å². The van der Waals surface area contributed by atoms with E-state index in [2.05, 4.69) is 10.4 Å². The predicted molar refractivity (Wildman–Crippen MR) is 129 cm³/mol. The second-order valence-electron chi connectivity index (χ2n) is 8.47. The lowest BCUT2D eigenvalue weighted by atomic mass is 9.94. The average Bonchev–Trinajstić information content (AvgIpc) is 3.52. The van der Waals surface area contributed by atoms with Crippen LogP contribution in [-0.2, 0) is 24.4 Å². The highest BCUT2D eigenvalue weighted by atomic mass is 32.1. The maximum absolute atomic E-state index is 14.5. The molecule has 34 heavy (non-hydrogen) atoms. The third kappa shape index (κ3) is 4.01. The van der Waals surface area contributed by atoms with E-state index < -0.39 is 11.4 Å². The molecule has 0 spiro atoms. The van der Waals surface area contributed by atoms with Crippen LogP contribution in [0.5, 0.6) is 0 Å². The molecule has 2 aromatic heterocycles. The minimum Gasteiger partial charge on any atom is -0.350 e. The van der Waals surface area contributed by atoms with Crippen LogP contribution in [0.3, 0.4) is 0 Å². The molecule has 1 N–H and O–H groups in total. The Bertz CT molecular complexity index is 1340. The molecule has 0 radical (unpaired) electrons. The normalized spacial score (nSPS) is 17.5. The largest absolute Gasteiger partial charge is 0.350 e. The summed E-state index contributed by atoms with van der Waals surface area (Å²) in [6.07, 6.45) is 0. The van der Waals surface area contributed by atoms with Crippen molar-refractivity contribution in [1.82, 2.24) is 20.0 Å². The van der Waals surface area contributed by atoms with Crippen LogP contribution in [0.4, 0.5) is 4.39 Å². The molecule has 0 aliphatic carbocycles. The van der Waals surface area contributed by atoms with Gasteiger partial charge in [0.2, 0.25) is 5.91 Å². The molecule has 8 heteroatoms. The van der Waals surface area contributed by atoms with Crippen molar-refractivity contribution >= 4 is 23.2 Å². The van der Waals surface area contributed by atoms with E-state index in [1.165, 1.54) is 22.3 Å². The molecule has 0 fully saturated rings. The number of fused-ring (bicyclic) bond motifs is 1. The number of amides is 2. The zero-order chi connectivity index (χ0) is 23.7. The number of aromatic nitrogens is 2. The summed E-state index contributed by atoms with van der Waals surface area (Å²) in [6.45, 7) is 2.17. The summed E-state index contributed by atoms with van der Waals surface area (Å²) in [7, 11) is 0. The third-order valence-corrected chi connectivity index (χ3v) is 7.03. The number of hydrogen-bond acceptors (Lipinski definition) is 4. The first-order chi connectivity index (χ1) is 16.5.